The number of nitrogens with zero attached hydrogens (tertiary/aromatic N) is 1. The minimum absolute atomic E-state index is 0.0581. The van der Waals surface area contributed by atoms with Crippen LogP contribution in [0.3, 0.4) is 0 Å². The first-order chi connectivity index (χ1) is 17.8. The van der Waals surface area contributed by atoms with Gasteiger partial charge in [0.15, 0.2) is 0 Å². The largest absolute Gasteiger partial charge is 0.496 e. The van der Waals surface area contributed by atoms with Crippen LogP contribution >= 0.6 is 22.6 Å². The summed E-state index contributed by atoms with van der Waals surface area (Å²) >= 11 is 2.17. The fraction of sp³-hybridized carbons (Fsp3) is 0.345. The zero-order chi connectivity index (χ0) is 27.9. The third-order valence-corrected chi connectivity index (χ3v) is 7.46. The lowest BCUT2D eigenvalue weighted by molar-refractivity contribution is -0.137. The summed E-state index contributed by atoms with van der Waals surface area (Å²) in [5.74, 6) is -0.0513. The van der Waals surface area contributed by atoms with E-state index in [2.05, 4.69) is 22.6 Å². The summed E-state index contributed by atoms with van der Waals surface area (Å²) in [4.78, 5) is 14.5. The van der Waals surface area contributed by atoms with Gasteiger partial charge in [-0.15, -0.1) is 0 Å². The average molecular weight is 641 g/mol. The van der Waals surface area contributed by atoms with Crippen molar-refractivity contribution in [3.8, 4) is 16.9 Å². The Morgan fingerprint density at radius 2 is 1.79 bits per heavy atom. The second-order valence-electron chi connectivity index (χ2n) is 9.83. The highest BCUT2D eigenvalue weighted by Crippen LogP contribution is 2.41. The molecule has 0 N–H and O–H groups in total. The normalized spacial score (nSPS) is 17.8. The molecular weight excluding hydrogens is 613 g/mol. The van der Waals surface area contributed by atoms with Gasteiger partial charge in [0.1, 0.15) is 17.7 Å². The standard InChI is InChI=1S/C29H28F4INO3/c1-15(2)23-12-24(26(37-5)13-25(23)30)22-7-6-21(34)11-19(22)14-35-17(4)27(38-28(35)36)18-8-16(3)9-20(10-18)29(31,32)33/h6-13,15,17,27H,14H2,1-5H3/t17-,27-/m0/s1. The molecule has 0 saturated carbocycles. The smallest absolute Gasteiger partial charge is 0.416 e. The predicted octanol–water partition coefficient (Wildman–Crippen LogP) is 8.64. The maximum Gasteiger partial charge on any atom is 0.416 e. The first-order valence-corrected chi connectivity index (χ1v) is 13.2. The number of ether oxygens (including phenoxy) is 2. The van der Waals surface area contributed by atoms with Crippen LogP contribution in [0, 0.1) is 16.3 Å². The van der Waals surface area contributed by atoms with Crippen molar-refractivity contribution in [3.05, 3.63) is 85.7 Å². The molecule has 1 saturated heterocycles. The molecule has 3 aromatic rings. The van der Waals surface area contributed by atoms with Crippen LogP contribution in [0.2, 0.25) is 0 Å². The van der Waals surface area contributed by atoms with E-state index in [0.29, 0.717) is 28.0 Å². The van der Waals surface area contributed by atoms with Crippen molar-refractivity contribution in [1.82, 2.24) is 4.90 Å². The van der Waals surface area contributed by atoms with Crippen molar-refractivity contribution in [1.29, 1.82) is 0 Å². The van der Waals surface area contributed by atoms with Crippen LogP contribution in [-0.4, -0.2) is 24.1 Å². The van der Waals surface area contributed by atoms with Gasteiger partial charge < -0.3 is 9.47 Å². The van der Waals surface area contributed by atoms with Crippen LogP contribution in [0.25, 0.3) is 11.1 Å². The molecule has 0 bridgehead atoms. The Balaban J connectivity index is 1.72. The molecule has 9 heteroatoms. The second kappa shape index (κ2) is 10.7. The van der Waals surface area contributed by atoms with Gasteiger partial charge in [0.25, 0.3) is 0 Å². The monoisotopic (exact) mass is 641 g/mol. The van der Waals surface area contributed by atoms with Crippen molar-refractivity contribution in [2.75, 3.05) is 7.11 Å². The number of aryl methyl sites for hydroxylation is 1. The minimum atomic E-state index is -4.51. The Hall–Kier alpha value is -2.82. The van der Waals surface area contributed by atoms with Gasteiger partial charge >= 0.3 is 12.3 Å². The maximum atomic E-state index is 14.7. The van der Waals surface area contributed by atoms with Gasteiger partial charge in [-0.05, 0) is 94.9 Å². The topological polar surface area (TPSA) is 38.8 Å². The molecule has 4 rings (SSSR count). The third-order valence-electron chi connectivity index (χ3n) is 6.79. The summed E-state index contributed by atoms with van der Waals surface area (Å²) in [7, 11) is 1.47. The Morgan fingerprint density at radius 1 is 1.08 bits per heavy atom. The van der Waals surface area contributed by atoms with Crippen LogP contribution in [0.1, 0.15) is 60.6 Å². The highest BCUT2D eigenvalue weighted by molar-refractivity contribution is 14.1. The van der Waals surface area contributed by atoms with Crippen LogP contribution in [0.15, 0.2) is 48.5 Å². The number of cyclic esters (lactones) is 1. The fourth-order valence-corrected chi connectivity index (χ4v) is 5.39. The van der Waals surface area contributed by atoms with Crippen molar-refractivity contribution in [3.63, 3.8) is 0 Å². The van der Waals surface area contributed by atoms with Gasteiger partial charge in [-0.25, -0.2) is 9.18 Å². The van der Waals surface area contributed by atoms with Crippen LogP contribution in [-0.2, 0) is 17.5 Å². The zero-order valence-electron chi connectivity index (χ0n) is 21.6. The maximum absolute atomic E-state index is 14.7. The van der Waals surface area contributed by atoms with Crippen LogP contribution < -0.4 is 4.74 Å². The lowest BCUT2D eigenvalue weighted by Crippen LogP contribution is -2.31. The predicted molar refractivity (Wildman–Crippen MR) is 146 cm³/mol. The molecule has 1 aliphatic rings. The number of hydrogen-bond acceptors (Lipinski definition) is 3. The van der Waals surface area contributed by atoms with E-state index in [9.17, 15) is 22.4 Å². The molecule has 4 nitrogen and oxygen atoms in total. The second-order valence-corrected chi connectivity index (χ2v) is 11.1. The summed E-state index contributed by atoms with van der Waals surface area (Å²) in [5.41, 5.74) is 2.72. The van der Waals surface area contributed by atoms with Crippen LogP contribution in [0.5, 0.6) is 5.75 Å². The number of methoxy groups -OCH3 is 1. The number of halogens is 5. The van der Waals surface area contributed by atoms with Crippen molar-refractivity contribution < 1.29 is 31.8 Å². The van der Waals surface area contributed by atoms with Gasteiger partial charge in [0.2, 0.25) is 0 Å². The van der Waals surface area contributed by atoms with Gasteiger partial charge in [-0.2, -0.15) is 13.2 Å². The molecule has 3 aromatic carbocycles. The molecular formula is C29H28F4INO3. The molecule has 0 radical (unpaired) electrons. The number of carbonyl (C=O) groups is 1. The molecule has 0 aliphatic carbocycles. The summed E-state index contributed by atoms with van der Waals surface area (Å²) in [6.45, 7) is 7.30. The van der Waals surface area contributed by atoms with E-state index in [0.717, 1.165) is 26.8 Å². The lowest BCUT2D eigenvalue weighted by Gasteiger charge is -2.24. The van der Waals surface area contributed by atoms with E-state index in [1.54, 1.807) is 26.0 Å². The molecule has 2 atom stereocenters. The molecule has 1 amide bonds. The summed E-state index contributed by atoms with van der Waals surface area (Å²) in [6.07, 6.45) is -5.98. The Bertz CT molecular complexity index is 1370. The molecule has 38 heavy (non-hydrogen) atoms. The Kier molecular flexibility index (Phi) is 7.97. The van der Waals surface area contributed by atoms with Gasteiger partial charge in [-0.1, -0.05) is 31.5 Å². The summed E-state index contributed by atoms with van der Waals surface area (Å²) in [6, 6.07) is 12.1. The highest BCUT2D eigenvalue weighted by atomic mass is 127. The lowest BCUT2D eigenvalue weighted by atomic mass is 9.93. The fourth-order valence-electron chi connectivity index (χ4n) is 4.83. The number of alkyl halides is 3. The molecule has 1 aliphatic heterocycles. The van der Waals surface area contributed by atoms with E-state index >= 15 is 0 Å². The van der Waals surface area contributed by atoms with E-state index in [1.807, 2.05) is 32.0 Å². The van der Waals surface area contributed by atoms with Crippen molar-refractivity contribution in [2.24, 2.45) is 0 Å². The Morgan fingerprint density at radius 3 is 2.42 bits per heavy atom. The molecule has 0 spiro atoms. The number of carbonyl (C=O) groups excluding carboxylic acids is 1. The van der Waals surface area contributed by atoms with E-state index in [-0.39, 0.29) is 18.3 Å². The first-order valence-electron chi connectivity index (χ1n) is 12.1. The highest BCUT2D eigenvalue weighted by Gasteiger charge is 2.41. The SMILES string of the molecule is COc1cc(F)c(C(C)C)cc1-c1ccc(I)cc1CN1C(=O)O[C@H](c2cc(C)cc(C(F)(F)F)c2)[C@@H]1C. The van der Waals surface area contributed by atoms with Crippen molar-refractivity contribution >= 4 is 28.7 Å². The quantitative estimate of drug-likeness (QED) is 0.200. The number of hydrogen-bond donors (Lipinski definition) is 0. The first kappa shape index (κ1) is 28.2. The number of rotatable bonds is 6. The molecule has 0 unspecified atom stereocenters. The molecule has 1 heterocycles. The minimum Gasteiger partial charge on any atom is -0.496 e. The van der Waals surface area contributed by atoms with E-state index in [4.69, 9.17) is 9.47 Å². The van der Waals surface area contributed by atoms with Crippen LogP contribution in [0.4, 0.5) is 22.4 Å². The molecule has 202 valence electrons. The zero-order valence-corrected chi connectivity index (χ0v) is 23.8. The summed E-state index contributed by atoms with van der Waals surface area (Å²) in [5, 5.41) is 0. The molecule has 1 fully saturated rings. The molecule has 0 aromatic heterocycles. The Labute approximate surface area is 233 Å². The third kappa shape index (κ3) is 5.62. The summed E-state index contributed by atoms with van der Waals surface area (Å²) < 4.78 is 67.0. The van der Waals surface area contributed by atoms with Gasteiger partial charge in [0, 0.05) is 15.2 Å². The van der Waals surface area contributed by atoms with E-state index < -0.39 is 30.0 Å². The number of benzene rings is 3. The van der Waals surface area contributed by atoms with E-state index in [1.165, 1.54) is 18.1 Å². The van der Waals surface area contributed by atoms with Crippen molar-refractivity contribution in [2.45, 2.75) is 58.5 Å². The van der Waals surface area contributed by atoms with Gasteiger partial charge in [0.05, 0.1) is 25.3 Å². The number of amides is 1. The average Bonchev–Trinajstić information content (AvgIpc) is 3.11. The van der Waals surface area contributed by atoms with Gasteiger partial charge in [-0.3, -0.25) is 4.90 Å².